The highest BCUT2D eigenvalue weighted by Gasteiger charge is 2.31. The Morgan fingerprint density at radius 3 is 2.35 bits per heavy atom. The van der Waals surface area contributed by atoms with E-state index in [1.807, 2.05) is 30.3 Å². The van der Waals surface area contributed by atoms with E-state index in [0.29, 0.717) is 12.6 Å². The summed E-state index contributed by atoms with van der Waals surface area (Å²) in [4.78, 5) is 2.29. The lowest BCUT2D eigenvalue weighted by Gasteiger charge is -2.33. The van der Waals surface area contributed by atoms with Crippen molar-refractivity contribution in [2.45, 2.75) is 50.1 Å². The lowest BCUT2D eigenvalue weighted by Crippen LogP contribution is -2.48. The fourth-order valence-corrected chi connectivity index (χ4v) is 3.15. The minimum Gasteiger partial charge on any atom is -0.309 e. The van der Waals surface area contributed by atoms with Crippen LogP contribution < -0.4 is 5.73 Å². The van der Waals surface area contributed by atoms with Crippen LogP contribution in [0.2, 0.25) is 0 Å². The van der Waals surface area contributed by atoms with Crippen molar-refractivity contribution in [3.05, 3.63) is 35.9 Å². The first-order valence-corrected chi connectivity index (χ1v) is 7.61. The highest BCUT2D eigenvalue weighted by atomic mass is 15.1. The highest BCUT2D eigenvalue weighted by Crippen LogP contribution is 2.24. The van der Waals surface area contributed by atoms with Gasteiger partial charge in [-0.05, 0) is 25.5 Å². The van der Waals surface area contributed by atoms with Crippen molar-refractivity contribution >= 4 is 0 Å². The monoisotopic (exact) mass is 271 g/mol. The second-order valence-electron chi connectivity index (χ2n) is 6.01. The third-order valence-corrected chi connectivity index (χ3v) is 4.44. The topological polar surface area (TPSA) is 53.0 Å². The molecule has 0 spiro atoms. The molecule has 1 fully saturated rings. The van der Waals surface area contributed by atoms with Gasteiger partial charge in [0.05, 0.1) is 6.07 Å². The van der Waals surface area contributed by atoms with Gasteiger partial charge >= 0.3 is 0 Å². The van der Waals surface area contributed by atoms with Gasteiger partial charge in [0.15, 0.2) is 0 Å². The molecule has 0 radical (unpaired) electrons. The SMILES string of the molecule is CN(CC(N)(C#N)c1ccccc1)C1CCCCCC1. The molecule has 1 aromatic carbocycles. The molecule has 1 aliphatic rings. The zero-order valence-corrected chi connectivity index (χ0v) is 12.4. The van der Waals surface area contributed by atoms with Crippen LogP contribution in [0.1, 0.15) is 44.1 Å². The van der Waals surface area contributed by atoms with Gasteiger partial charge in [-0.15, -0.1) is 0 Å². The van der Waals surface area contributed by atoms with E-state index in [4.69, 9.17) is 5.73 Å². The largest absolute Gasteiger partial charge is 0.309 e. The predicted octanol–water partition coefficient (Wildman–Crippen LogP) is 3.02. The van der Waals surface area contributed by atoms with Crippen LogP contribution >= 0.6 is 0 Å². The molecule has 3 nitrogen and oxygen atoms in total. The van der Waals surface area contributed by atoms with Crippen LogP contribution in [0.4, 0.5) is 0 Å². The average Bonchev–Trinajstić information content (AvgIpc) is 2.77. The van der Waals surface area contributed by atoms with E-state index in [2.05, 4.69) is 18.0 Å². The number of nitrogens with zero attached hydrogens (tertiary/aromatic N) is 2. The lowest BCUT2D eigenvalue weighted by molar-refractivity contribution is 0.191. The minimum atomic E-state index is -0.914. The third-order valence-electron chi connectivity index (χ3n) is 4.44. The summed E-state index contributed by atoms with van der Waals surface area (Å²) in [6, 6.07) is 12.6. The van der Waals surface area contributed by atoms with Crippen molar-refractivity contribution in [1.82, 2.24) is 4.90 Å². The van der Waals surface area contributed by atoms with Crippen LogP contribution in [0.3, 0.4) is 0 Å². The smallest absolute Gasteiger partial charge is 0.142 e. The molecule has 0 saturated heterocycles. The van der Waals surface area contributed by atoms with Gasteiger partial charge in [0, 0.05) is 12.6 Å². The normalized spacial score (nSPS) is 20.1. The molecule has 2 rings (SSSR count). The Kier molecular flexibility index (Phi) is 5.17. The van der Waals surface area contributed by atoms with Gasteiger partial charge in [-0.25, -0.2) is 0 Å². The van der Waals surface area contributed by atoms with Crippen molar-refractivity contribution in [3.8, 4) is 6.07 Å². The predicted molar refractivity (Wildman–Crippen MR) is 82.0 cm³/mol. The second-order valence-corrected chi connectivity index (χ2v) is 6.01. The number of nitrogens with two attached hydrogens (primary N) is 1. The van der Waals surface area contributed by atoms with E-state index < -0.39 is 5.54 Å². The molecule has 2 N–H and O–H groups in total. The molecular weight excluding hydrogens is 246 g/mol. The molecule has 108 valence electrons. The van der Waals surface area contributed by atoms with Crippen molar-refractivity contribution < 1.29 is 0 Å². The zero-order chi connectivity index (χ0) is 14.4. The van der Waals surface area contributed by atoms with Gasteiger partial charge in [0.1, 0.15) is 5.54 Å². The van der Waals surface area contributed by atoms with E-state index in [9.17, 15) is 5.26 Å². The van der Waals surface area contributed by atoms with Crippen LogP contribution in [0.15, 0.2) is 30.3 Å². The van der Waals surface area contributed by atoms with Crippen LogP contribution in [-0.2, 0) is 5.54 Å². The van der Waals surface area contributed by atoms with Crippen LogP contribution in [0, 0.1) is 11.3 Å². The summed E-state index contributed by atoms with van der Waals surface area (Å²) in [5, 5.41) is 9.54. The molecule has 3 heteroatoms. The summed E-state index contributed by atoms with van der Waals surface area (Å²) in [7, 11) is 2.11. The first-order chi connectivity index (χ1) is 9.65. The molecule has 1 saturated carbocycles. The molecule has 0 amide bonds. The quantitative estimate of drug-likeness (QED) is 0.856. The summed E-state index contributed by atoms with van der Waals surface area (Å²) in [6.07, 6.45) is 7.73. The van der Waals surface area contributed by atoms with E-state index in [0.717, 1.165) is 5.56 Å². The van der Waals surface area contributed by atoms with Gasteiger partial charge < -0.3 is 10.6 Å². The molecule has 0 aromatic heterocycles. The van der Waals surface area contributed by atoms with Gasteiger partial charge in [-0.3, -0.25) is 0 Å². The number of hydrogen-bond acceptors (Lipinski definition) is 3. The van der Waals surface area contributed by atoms with Crippen LogP contribution in [0.5, 0.6) is 0 Å². The van der Waals surface area contributed by atoms with Crippen molar-refractivity contribution in [2.75, 3.05) is 13.6 Å². The number of likely N-dealkylation sites (N-methyl/N-ethyl adjacent to an activating group) is 1. The Labute approximate surface area is 122 Å². The van der Waals surface area contributed by atoms with Gasteiger partial charge in [-0.1, -0.05) is 56.0 Å². The number of rotatable bonds is 4. The van der Waals surface area contributed by atoms with E-state index in [1.54, 1.807) is 0 Å². The first-order valence-electron chi connectivity index (χ1n) is 7.61. The molecule has 20 heavy (non-hydrogen) atoms. The maximum Gasteiger partial charge on any atom is 0.142 e. The minimum absolute atomic E-state index is 0.567. The summed E-state index contributed by atoms with van der Waals surface area (Å²) in [5.41, 5.74) is 6.35. The maximum atomic E-state index is 9.54. The summed E-state index contributed by atoms with van der Waals surface area (Å²) < 4.78 is 0. The Hall–Kier alpha value is -1.37. The lowest BCUT2D eigenvalue weighted by atomic mass is 9.91. The molecule has 0 aliphatic heterocycles. The van der Waals surface area contributed by atoms with Crippen molar-refractivity contribution in [2.24, 2.45) is 5.73 Å². The number of benzene rings is 1. The van der Waals surface area contributed by atoms with E-state index >= 15 is 0 Å². The first kappa shape index (κ1) is 15.0. The van der Waals surface area contributed by atoms with E-state index in [-0.39, 0.29) is 0 Å². The fourth-order valence-electron chi connectivity index (χ4n) is 3.15. The van der Waals surface area contributed by atoms with E-state index in [1.165, 1.54) is 38.5 Å². The Morgan fingerprint density at radius 1 is 1.20 bits per heavy atom. The summed E-state index contributed by atoms with van der Waals surface area (Å²) in [6.45, 7) is 0.595. The van der Waals surface area contributed by atoms with Crippen LogP contribution in [0.25, 0.3) is 0 Å². The molecule has 0 bridgehead atoms. The standard InChI is InChI=1S/C17H25N3/c1-20(16-11-7-2-3-8-12-16)14-17(19,13-18)15-9-5-4-6-10-15/h4-6,9-10,16H,2-3,7-8,11-12,14,19H2,1H3. The van der Waals surface area contributed by atoms with Gasteiger partial charge in [-0.2, -0.15) is 5.26 Å². The van der Waals surface area contributed by atoms with Crippen LogP contribution in [-0.4, -0.2) is 24.5 Å². The highest BCUT2D eigenvalue weighted by molar-refractivity contribution is 5.31. The third kappa shape index (κ3) is 3.59. The number of hydrogen-bond donors (Lipinski definition) is 1. The maximum absolute atomic E-state index is 9.54. The van der Waals surface area contributed by atoms with Crippen molar-refractivity contribution in [3.63, 3.8) is 0 Å². The molecule has 1 aliphatic carbocycles. The Bertz CT molecular complexity index is 443. The average molecular weight is 271 g/mol. The van der Waals surface area contributed by atoms with Gasteiger partial charge in [0.2, 0.25) is 0 Å². The van der Waals surface area contributed by atoms with Gasteiger partial charge in [0.25, 0.3) is 0 Å². The second kappa shape index (κ2) is 6.88. The Balaban J connectivity index is 2.07. The molecule has 1 atom stereocenters. The summed E-state index contributed by atoms with van der Waals surface area (Å²) in [5.74, 6) is 0. The molecule has 1 aromatic rings. The Morgan fingerprint density at radius 2 is 1.80 bits per heavy atom. The molecule has 0 heterocycles. The fraction of sp³-hybridized carbons (Fsp3) is 0.588. The molecule has 1 unspecified atom stereocenters. The zero-order valence-electron chi connectivity index (χ0n) is 12.4. The summed E-state index contributed by atoms with van der Waals surface area (Å²) >= 11 is 0. The van der Waals surface area contributed by atoms with Crippen molar-refractivity contribution in [1.29, 1.82) is 5.26 Å². The molecular formula is C17H25N3. The number of nitriles is 1.